The summed E-state index contributed by atoms with van der Waals surface area (Å²) in [5.41, 5.74) is 1.45. The average molecular weight is 354 g/mol. The molecule has 0 heterocycles. The number of rotatable bonds is 7. The van der Waals surface area contributed by atoms with Crippen LogP contribution in [0.2, 0.25) is 0 Å². The summed E-state index contributed by atoms with van der Waals surface area (Å²) in [5, 5.41) is 11.8. The van der Waals surface area contributed by atoms with Gasteiger partial charge in [-0.1, -0.05) is 32.0 Å². The summed E-state index contributed by atoms with van der Waals surface area (Å²) >= 11 is 0. The van der Waals surface area contributed by atoms with E-state index < -0.39 is 5.97 Å². The van der Waals surface area contributed by atoms with Crippen LogP contribution in [0.4, 0.5) is 5.69 Å². The Bertz CT molecular complexity index is 770. The van der Waals surface area contributed by atoms with Gasteiger partial charge in [0.1, 0.15) is 6.54 Å². The highest BCUT2D eigenvalue weighted by atomic mass is 16.4. The number of para-hydroxylation sites is 1. The number of carbonyl (C=O) groups is 3. The lowest BCUT2D eigenvalue weighted by molar-refractivity contribution is -0.137. The van der Waals surface area contributed by atoms with Crippen LogP contribution in [-0.2, 0) is 4.79 Å². The van der Waals surface area contributed by atoms with E-state index in [0.29, 0.717) is 23.4 Å². The second-order valence-electron chi connectivity index (χ2n) is 6.37. The van der Waals surface area contributed by atoms with Crippen LogP contribution in [0.15, 0.2) is 54.6 Å². The van der Waals surface area contributed by atoms with Crippen LogP contribution < -0.4 is 5.32 Å². The summed E-state index contributed by atoms with van der Waals surface area (Å²) < 4.78 is 0. The fraction of sp³-hybridized carbons (Fsp3) is 0.250. The largest absolute Gasteiger partial charge is 0.480 e. The van der Waals surface area contributed by atoms with Gasteiger partial charge >= 0.3 is 5.97 Å². The van der Waals surface area contributed by atoms with Crippen molar-refractivity contribution < 1.29 is 19.5 Å². The molecule has 2 aromatic rings. The number of carbonyl (C=O) groups excluding carboxylic acids is 2. The molecule has 0 aliphatic carbocycles. The van der Waals surface area contributed by atoms with Crippen molar-refractivity contribution in [2.75, 3.05) is 18.4 Å². The predicted molar refractivity (Wildman–Crippen MR) is 99.2 cm³/mol. The summed E-state index contributed by atoms with van der Waals surface area (Å²) in [6, 6.07) is 15.3. The number of hydrogen-bond donors (Lipinski definition) is 2. The Balaban J connectivity index is 2.10. The highest BCUT2D eigenvalue weighted by Crippen LogP contribution is 2.12. The highest BCUT2D eigenvalue weighted by Gasteiger charge is 2.20. The first kappa shape index (κ1) is 19.2. The van der Waals surface area contributed by atoms with Crippen LogP contribution in [0.3, 0.4) is 0 Å². The average Bonchev–Trinajstić information content (AvgIpc) is 2.60. The quantitative estimate of drug-likeness (QED) is 0.800. The number of aliphatic carboxylic acids is 1. The number of benzene rings is 2. The van der Waals surface area contributed by atoms with E-state index in [-0.39, 0.29) is 24.3 Å². The molecule has 0 unspecified atom stereocenters. The molecule has 0 fully saturated rings. The van der Waals surface area contributed by atoms with Gasteiger partial charge in [0.15, 0.2) is 0 Å². The molecule has 0 atom stereocenters. The number of anilines is 1. The van der Waals surface area contributed by atoms with Crippen molar-refractivity contribution in [3.05, 3.63) is 65.7 Å². The van der Waals surface area contributed by atoms with E-state index in [0.717, 1.165) is 0 Å². The second kappa shape index (κ2) is 8.80. The third-order valence-corrected chi connectivity index (χ3v) is 3.62. The lowest BCUT2D eigenvalue weighted by Gasteiger charge is -2.22. The van der Waals surface area contributed by atoms with Gasteiger partial charge in [0.2, 0.25) is 0 Å². The maximum Gasteiger partial charge on any atom is 0.323 e. The van der Waals surface area contributed by atoms with Crippen LogP contribution in [0.1, 0.15) is 34.6 Å². The number of carboxylic acids is 1. The molecule has 0 saturated heterocycles. The van der Waals surface area contributed by atoms with Gasteiger partial charge in [0, 0.05) is 23.4 Å². The van der Waals surface area contributed by atoms with Crippen LogP contribution in [-0.4, -0.2) is 40.9 Å². The molecule has 0 spiro atoms. The third kappa shape index (κ3) is 5.44. The van der Waals surface area contributed by atoms with Crippen molar-refractivity contribution >= 4 is 23.5 Å². The van der Waals surface area contributed by atoms with Crippen molar-refractivity contribution in [3.8, 4) is 0 Å². The minimum Gasteiger partial charge on any atom is -0.480 e. The van der Waals surface area contributed by atoms with Crippen LogP contribution in [0, 0.1) is 5.92 Å². The molecule has 0 aromatic heterocycles. The van der Waals surface area contributed by atoms with Gasteiger partial charge in [-0.05, 0) is 42.3 Å². The van der Waals surface area contributed by atoms with Gasteiger partial charge in [0.25, 0.3) is 11.8 Å². The number of amides is 2. The zero-order valence-electron chi connectivity index (χ0n) is 14.8. The van der Waals surface area contributed by atoms with Crippen molar-refractivity contribution in [3.63, 3.8) is 0 Å². The first-order valence-electron chi connectivity index (χ1n) is 8.34. The molecule has 0 aliphatic heterocycles. The fourth-order valence-electron chi connectivity index (χ4n) is 2.49. The molecule has 2 rings (SSSR count). The normalized spacial score (nSPS) is 10.4. The lowest BCUT2D eigenvalue weighted by atomic mass is 10.1. The van der Waals surface area contributed by atoms with E-state index in [1.807, 2.05) is 32.0 Å². The molecule has 0 radical (unpaired) electrons. The van der Waals surface area contributed by atoms with Gasteiger partial charge in [-0.15, -0.1) is 0 Å². The number of nitrogens with zero attached hydrogens (tertiary/aromatic N) is 1. The molecular formula is C20H22N2O4. The summed E-state index contributed by atoms with van der Waals surface area (Å²) in [6.45, 7) is 3.83. The summed E-state index contributed by atoms with van der Waals surface area (Å²) in [5.74, 6) is -1.55. The van der Waals surface area contributed by atoms with Crippen LogP contribution >= 0.6 is 0 Å². The van der Waals surface area contributed by atoms with Gasteiger partial charge in [-0.25, -0.2) is 0 Å². The van der Waals surface area contributed by atoms with Crippen molar-refractivity contribution in [1.29, 1.82) is 0 Å². The molecule has 136 valence electrons. The Morgan fingerprint density at radius 1 is 0.962 bits per heavy atom. The maximum atomic E-state index is 12.6. The topological polar surface area (TPSA) is 86.7 Å². The zero-order valence-corrected chi connectivity index (χ0v) is 14.8. The fourth-order valence-corrected chi connectivity index (χ4v) is 2.49. The van der Waals surface area contributed by atoms with Crippen molar-refractivity contribution in [1.82, 2.24) is 4.90 Å². The van der Waals surface area contributed by atoms with Crippen molar-refractivity contribution in [2.24, 2.45) is 5.92 Å². The Hall–Kier alpha value is -3.15. The SMILES string of the molecule is CC(C)CN(CC(=O)O)C(=O)c1ccc(C(=O)Nc2ccccc2)cc1. The molecule has 26 heavy (non-hydrogen) atoms. The van der Waals surface area contributed by atoms with Gasteiger partial charge < -0.3 is 15.3 Å². The Kier molecular flexibility index (Phi) is 6.49. The lowest BCUT2D eigenvalue weighted by Crippen LogP contribution is -2.38. The van der Waals surface area contributed by atoms with E-state index in [1.54, 1.807) is 24.3 Å². The molecule has 0 bridgehead atoms. The molecular weight excluding hydrogens is 332 g/mol. The van der Waals surface area contributed by atoms with Crippen LogP contribution in [0.25, 0.3) is 0 Å². The molecule has 2 amide bonds. The minimum absolute atomic E-state index is 0.147. The smallest absolute Gasteiger partial charge is 0.323 e. The standard InChI is InChI=1S/C20H22N2O4/c1-14(2)12-22(13-18(23)24)20(26)16-10-8-15(9-11-16)19(25)21-17-6-4-3-5-7-17/h3-11,14H,12-13H2,1-2H3,(H,21,25)(H,23,24). The van der Waals surface area contributed by atoms with E-state index >= 15 is 0 Å². The minimum atomic E-state index is -1.06. The highest BCUT2D eigenvalue weighted by molar-refractivity contribution is 6.05. The Morgan fingerprint density at radius 2 is 1.54 bits per heavy atom. The number of carboxylic acid groups (broad SMARTS) is 1. The van der Waals surface area contributed by atoms with E-state index in [4.69, 9.17) is 5.11 Å². The van der Waals surface area contributed by atoms with Gasteiger partial charge in [-0.3, -0.25) is 14.4 Å². The Morgan fingerprint density at radius 3 is 2.08 bits per heavy atom. The van der Waals surface area contributed by atoms with Crippen molar-refractivity contribution in [2.45, 2.75) is 13.8 Å². The second-order valence-corrected chi connectivity index (χ2v) is 6.37. The zero-order chi connectivity index (χ0) is 19.1. The first-order valence-corrected chi connectivity index (χ1v) is 8.34. The summed E-state index contributed by atoms with van der Waals surface area (Å²) in [4.78, 5) is 37.1. The molecule has 2 aromatic carbocycles. The number of nitrogens with one attached hydrogen (secondary N) is 1. The van der Waals surface area contributed by atoms with Gasteiger partial charge in [0.05, 0.1) is 0 Å². The Labute approximate surface area is 152 Å². The first-order chi connectivity index (χ1) is 12.4. The van der Waals surface area contributed by atoms with Gasteiger partial charge in [-0.2, -0.15) is 0 Å². The molecule has 0 saturated carbocycles. The predicted octanol–water partition coefficient (Wildman–Crippen LogP) is 3.12. The molecule has 2 N–H and O–H groups in total. The number of hydrogen-bond acceptors (Lipinski definition) is 3. The van der Waals surface area contributed by atoms with E-state index in [9.17, 15) is 14.4 Å². The maximum absolute atomic E-state index is 12.6. The molecule has 0 aliphatic rings. The summed E-state index contributed by atoms with van der Waals surface area (Å²) in [6.07, 6.45) is 0. The molecule has 6 nitrogen and oxygen atoms in total. The van der Waals surface area contributed by atoms with Crippen LogP contribution in [0.5, 0.6) is 0 Å². The summed E-state index contributed by atoms with van der Waals surface area (Å²) in [7, 11) is 0. The van der Waals surface area contributed by atoms with E-state index in [2.05, 4.69) is 5.32 Å². The third-order valence-electron chi connectivity index (χ3n) is 3.62. The molecule has 6 heteroatoms. The monoisotopic (exact) mass is 354 g/mol. The van der Waals surface area contributed by atoms with E-state index in [1.165, 1.54) is 17.0 Å².